The van der Waals surface area contributed by atoms with Gasteiger partial charge in [-0.15, -0.1) is 0 Å². The molecule has 1 aliphatic rings. The number of nitrogens with zero attached hydrogens (tertiary/aromatic N) is 2. The third-order valence-electron chi connectivity index (χ3n) is 8.76. The van der Waals surface area contributed by atoms with Crippen LogP contribution in [0.25, 0.3) is 66.9 Å². The molecule has 1 aliphatic heterocycles. The van der Waals surface area contributed by atoms with Crippen LogP contribution >= 0.6 is 0 Å². The van der Waals surface area contributed by atoms with E-state index < -0.39 is 0 Å². The molecule has 0 amide bonds. The molecule has 0 fully saturated rings. The van der Waals surface area contributed by atoms with Crippen LogP contribution in [0.1, 0.15) is 0 Å². The lowest BCUT2D eigenvalue weighted by molar-refractivity contribution is 0.363. The average molecular weight is 617 g/mol. The van der Waals surface area contributed by atoms with Crippen molar-refractivity contribution in [1.29, 1.82) is 0 Å². The average Bonchev–Trinajstić information content (AvgIpc) is 3.17. The molecule has 1 aromatic heterocycles. The smallest absolute Gasteiger partial charge is 0.177 e. The zero-order valence-electron chi connectivity index (χ0n) is 25.9. The minimum Gasteiger partial charge on any atom is -0.449 e. The molecule has 0 N–H and O–H groups in total. The van der Waals surface area contributed by atoms with Crippen molar-refractivity contribution < 1.29 is 9.47 Å². The summed E-state index contributed by atoms with van der Waals surface area (Å²) in [4.78, 5) is 10.1. The molecule has 0 radical (unpaired) electrons. The Morgan fingerprint density at radius 3 is 1.73 bits per heavy atom. The molecule has 0 saturated carbocycles. The molecule has 0 unspecified atom stereocenters. The van der Waals surface area contributed by atoms with Gasteiger partial charge in [-0.2, -0.15) is 0 Å². The first-order valence-corrected chi connectivity index (χ1v) is 16.0. The van der Waals surface area contributed by atoms with Gasteiger partial charge in [0, 0.05) is 22.1 Å². The van der Waals surface area contributed by atoms with Gasteiger partial charge in [0.05, 0.1) is 11.4 Å². The van der Waals surface area contributed by atoms with Gasteiger partial charge < -0.3 is 9.47 Å². The molecule has 4 heteroatoms. The maximum absolute atomic E-state index is 6.49. The number of hydrogen-bond donors (Lipinski definition) is 0. The summed E-state index contributed by atoms with van der Waals surface area (Å²) >= 11 is 0. The molecule has 8 aromatic rings. The van der Waals surface area contributed by atoms with Crippen LogP contribution < -0.4 is 9.47 Å². The zero-order valence-corrected chi connectivity index (χ0v) is 25.9. The minimum absolute atomic E-state index is 0.686. The summed E-state index contributed by atoms with van der Waals surface area (Å²) in [6.45, 7) is 0. The van der Waals surface area contributed by atoms with Crippen molar-refractivity contribution in [2.24, 2.45) is 0 Å². The zero-order chi connectivity index (χ0) is 31.9. The van der Waals surface area contributed by atoms with Crippen LogP contribution in [0.2, 0.25) is 0 Å². The van der Waals surface area contributed by atoms with E-state index in [1.165, 1.54) is 11.1 Å². The maximum Gasteiger partial charge on any atom is 0.177 e. The number of fused-ring (bicyclic) bond motifs is 4. The van der Waals surface area contributed by atoms with Gasteiger partial charge in [-0.05, 0) is 58.0 Å². The lowest BCUT2D eigenvalue weighted by atomic mass is 9.99. The summed E-state index contributed by atoms with van der Waals surface area (Å²) in [7, 11) is 0. The summed E-state index contributed by atoms with van der Waals surface area (Å²) in [5.41, 5.74) is 9.16. The highest BCUT2D eigenvalue weighted by atomic mass is 16.6. The lowest BCUT2D eigenvalue weighted by Gasteiger charge is -2.22. The van der Waals surface area contributed by atoms with E-state index in [-0.39, 0.29) is 0 Å². The summed E-state index contributed by atoms with van der Waals surface area (Å²) < 4.78 is 12.8. The van der Waals surface area contributed by atoms with E-state index in [1.54, 1.807) is 0 Å². The predicted octanol–water partition coefficient (Wildman–Crippen LogP) is 11.9. The van der Waals surface area contributed by atoms with Crippen LogP contribution in [0.4, 0.5) is 0 Å². The minimum atomic E-state index is 0.686. The molecule has 0 aliphatic carbocycles. The van der Waals surface area contributed by atoms with Crippen LogP contribution in [0, 0.1) is 0 Å². The Hall–Kier alpha value is -6.52. The Bertz CT molecular complexity index is 2440. The Balaban J connectivity index is 1.09. The Labute approximate surface area is 278 Å². The van der Waals surface area contributed by atoms with Crippen LogP contribution in [0.5, 0.6) is 23.0 Å². The molecule has 4 nitrogen and oxygen atoms in total. The number of hydrogen-bond acceptors (Lipinski definition) is 4. The fourth-order valence-corrected chi connectivity index (χ4v) is 6.27. The molecule has 0 atom stereocenters. The standard InChI is InChI=1S/C44H28N2O2/c1-3-10-29(11-4-1)30-18-20-32(21-19-30)38-28-39(46-44(45-38)33-13-5-2-6-14-33)36-16-9-15-34(26-36)35-23-24-40-42(27-35)48-43-37-17-8-7-12-31(37)22-25-41(43)47-40/h1-28H. The van der Waals surface area contributed by atoms with Gasteiger partial charge in [-0.1, -0.05) is 140 Å². The van der Waals surface area contributed by atoms with Crippen molar-refractivity contribution in [3.05, 3.63) is 170 Å². The Morgan fingerprint density at radius 2 is 0.917 bits per heavy atom. The van der Waals surface area contributed by atoms with E-state index in [1.807, 2.05) is 66.7 Å². The number of benzene rings is 7. The highest BCUT2D eigenvalue weighted by Crippen LogP contribution is 2.49. The highest BCUT2D eigenvalue weighted by Gasteiger charge is 2.22. The fraction of sp³-hybridized carbons (Fsp3) is 0. The first kappa shape index (κ1) is 27.8. The molecule has 9 rings (SSSR count). The molecule has 0 spiro atoms. The molecule has 2 heterocycles. The Morgan fingerprint density at radius 1 is 0.333 bits per heavy atom. The van der Waals surface area contributed by atoms with Gasteiger partial charge in [0.1, 0.15) is 0 Å². The van der Waals surface area contributed by atoms with Gasteiger partial charge in [-0.3, -0.25) is 0 Å². The van der Waals surface area contributed by atoms with Crippen molar-refractivity contribution in [1.82, 2.24) is 9.97 Å². The third kappa shape index (κ3) is 5.16. The monoisotopic (exact) mass is 616 g/mol. The summed E-state index contributed by atoms with van der Waals surface area (Å²) in [6, 6.07) is 58.0. The van der Waals surface area contributed by atoms with Crippen LogP contribution in [0.3, 0.4) is 0 Å². The van der Waals surface area contributed by atoms with Crippen molar-refractivity contribution in [2.75, 3.05) is 0 Å². The van der Waals surface area contributed by atoms with E-state index >= 15 is 0 Å². The van der Waals surface area contributed by atoms with Crippen molar-refractivity contribution in [2.45, 2.75) is 0 Å². The first-order chi connectivity index (χ1) is 23.7. The van der Waals surface area contributed by atoms with E-state index in [9.17, 15) is 0 Å². The fourth-order valence-electron chi connectivity index (χ4n) is 6.27. The largest absolute Gasteiger partial charge is 0.449 e. The van der Waals surface area contributed by atoms with Gasteiger partial charge >= 0.3 is 0 Å². The predicted molar refractivity (Wildman–Crippen MR) is 193 cm³/mol. The van der Waals surface area contributed by atoms with Crippen LogP contribution in [-0.4, -0.2) is 9.97 Å². The molecular weight excluding hydrogens is 588 g/mol. The summed E-state index contributed by atoms with van der Waals surface area (Å²) in [5, 5.41) is 2.13. The SMILES string of the molecule is c1ccc(-c2ccc(-c3cc(-c4cccc(-c5ccc6c(c5)Oc5c(ccc7ccccc57)O6)c4)nc(-c4ccccc4)n3)cc2)cc1. The van der Waals surface area contributed by atoms with Crippen molar-refractivity contribution in [3.8, 4) is 79.2 Å². The van der Waals surface area contributed by atoms with Crippen molar-refractivity contribution in [3.63, 3.8) is 0 Å². The van der Waals surface area contributed by atoms with E-state index in [4.69, 9.17) is 19.4 Å². The van der Waals surface area contributed by atoms with Gasteiger partial charge in [0.25, 0.3) is 0 Å². The molecule has 0 saturated heterocycles. The molecule has 48 heavy (non-hydrogen) atoms. The second-order valence-electron chi connectivity index (χ2n) is 11.8. The molecular formula is C44H28N2O2. The second kappa shape index (κ2) is 11.7. The third-order valence-corrected chi connectivity index (χ3v) is 8.76. The molecule has 0 bridgehead atoms. The lowest BCUT2D eigenvalue weighted by Crippen LogP contribution is -2.00. The van der Waals surface area contributed by atoms with Gasteiger partial charge in [0.2, 0.25) is 0 Å². The summed E-state index contributed by atoms with van der Waals surface area (Å²) in [5.74, 6) is 3.54. The van der Waals surface area contributed by atoms with E-state index in [0.717, 1.165) is 61.5 Å². The van der Waals surface area contributed by atoms with Crippen LogP contribution in [0.15, 0.2) is 170 Å². The molecule has 226 valence electrons. The first-order valence-electron chi connectivity index (χ1n) is 16.0. The topological polar surface area (TPSA) is 44.2 Å². The highest BCUT2D eigenvalue weighted by molar-refractivity contribution is 5.92. The molecule has 7 aromatic carbocycles. The van der Waals surface area contributed by atoms with Gasteiger partial charge in [-0.25, -0.2) is 9.97 Å². The van der Waals surface area contributed by atoms with Crippen molar-refractivity contribution >= 4 is 10.8 Å². The quantitative estimate of drug-likeness (QED) is 0.193. The second-order valence-corrected chi connectivity index (χ2v) is 11.8. The maximum atomic E-state index is 6.49. The summed E-state index contributed by atoms with van der Waals surface area (Å²) in [6.07, 6.45) is 0. The van der Waals surface area contributed by atoms with E-state index in [0.29, 0.717) is 17.3 Å². The number of aromatic nitrogens is 2. The van der Waals surface area contributed by atoms with Crippen LogP contribution in [-0.2, 0) is 0 Å². The van der Waals surface area contributed by atoms with Gasteiger partial charge in [0.15, 0.2) is 28.8 Å². The normalized spacial score (nSPS) is 11.7. The van der Waals surface area contributed by atoms with E-state index in [2.05, 4.69) is 103 Å². The number of ether oxygens (including phenoxy) is 2. The Kier molecular flexibility index (Phi) is 6.76. The number of rotatable bonds is 5.